The Balaban J connectivity index is 2.52. The molecule has 116 valence electrons. The van der Waals surface area contributed by atoms with E-state index in [1.807, 2.05) is 0 Å². The second kappa shape index (κ2) is 5.69. The number of rotatable bonds is 6. The average molecular weight is 325 g/mol. The highest BCUT2D eigenvalue weighted by Gasteiger charge is 2.81. The van der Waals surface area contributed by atoms with Crippen LogP contribution in [0.3, 0.4) is 0 Å². The van der Waals surface area contributed by atoms with Gasteiger partial charge in [-0.3, -0.25) is 9.36 Å². The van der Waals surface area contributed by atoms with Crippen molar-refractivity contribution in [3.8, 4) is 0 Å². The number of hydrogen-bond acceptors (Lipinski definition) is 5. The number of ketones is 1. The molecule has 0 heterocycles. The Morgan fingerprint density at radius 2 is 1.80 bits per heavy atom. The van der Waals surface area contributed by atoms with Gasteiger partial charge in [0.15, 0.2) is 10.9 Å². The smallest absolute Gasteiger partial charge is 0.347 e. The fraction of sp³-hybridized carbons (Fsp3) is 0.923. The molecule has 2 aliphatic rings. The minimum Gasteiger partial charge on any atom is -0.374 e. The zero-order chi connectivity index (χ0) is 15.0. The van der Waals surface area contributed by atoms with Crippen LogP contribution in [-0.4, -0.2) is 42.2 Å². The predicted octanol–water partition coefficient (Wildman–Crippen LogP) is 3.14. The molecule has 0 bridgehead atoms. The first-order valence-electron chi connectivity index (χ1n) is 7.08. The highest BCUT2D eigenvalue weighted by atomic mass is 35.5. The first-order chi connectivity index (χ1) is 9.45. The van der Waals surface area contributed by atoms with Crippen LogP contribution in [0.1, 0.15) is 39.5 Å². The second-order valence-corrected chi connectivity index (χ2v) is 7.93. The van der Waals surface area contributed by atoms with Crippen LogP contribution in [0, 0.1) is 0 Å². The van der Waals surface area contributed by atoms with Gasteiger partial charge in [0.05, 0.1) is 13.2 Å². The highest BCUT2D eigenvalue weighted by Crippen LogP contribution is 2.75. The summed E-state index contributed by atoms with van der Waals surface area (Å²) in [5.74, 6) is -0.258. The number of carbonyl (C=O) groups is 1. The van der Waals surface area contributed by atoms with Gasteiger partial charge in [-0.15, -0.1) is 11.6 Å². The first-order valence-corrected chi connectivity index (χ1v) is 9.06. The summed E-state index contributed by atoms with van der Waals surface area (Å²) in [6, 6.07) is 0. The summed E-state index contributed by atoms with van der Waals surface area (Å²) in [5, 5.41) is -2.01. The molecule has 20 heavy (non-hydrogen) atoms. The highest BCUT2D eigenvalue weighted by molar-refractivity contribution is 7.57. The van der Waals surface area contributed by atoms with Gasteiger partial charge in [0.1, 0.15) is 11.0 Å². The lowest BCUT2D eigenvalue weighted by Gasteiger charge is -2.62. The maximum absolute atomic E-state index is 13.3. The Hall–Kier alpha value is 0.0700. The summed E-state index contributed by atoms with van der Waals surface area (Å²) >= 11 is 6.22. The number of methoxy groups -OCH3 is 1. The summed E-state index contributed by atoms with van der Waals surface area (Å²) in [6.45, 7) is 3.92. The van der Waals surface area contributed by atoms with Gasteiger partial charge in [-0.1, -0.05) is 12.8 Å². The molecule has 2 saturated carbocycles. The zero-order valence-electron chi connectivity index (χ0n) is 12.2. The third kappa shape index (κ3) is 1.80. The summed E-state index contributed by atoms with van der Waals surface area (Å²) in [5.41, 5.74) is -0.927. The van der Waals surface area contributed by atoms with Gasteiger partial charge in [0.25, 0.3) is 0 Å². The minimum atomic E-state index is -3.61. The Morgan fingerprint density at radius 1 is 1.25 bits per heavy atom. The minimum absolute atomic E-state index is 0.221. The van der Waals surface area contributed by atoms with E-state index in [0.717, 1.165) is 12.8 Å². The number of hydrogen-bond donors (Lipinski definition) is 0. The lowest BCUT2D eigenvalue weighted by molar-refractivity contribution is -0.167. The van der Waals surface area contributed by atoms with Gasteiger partial charge >= 0.3 is 7.60 Å². The fourth-order valence-electron chi connectivity index (χ4n) is 3.67. The van der Waals surface area contributed by atoms with Crippen LogP contribution in [0.4, 0.5) is 0 Å². The van der Waals surface area contributed by atoms with E-state index in [2.05, 4.69) is 0 Å². The Morgan fingerprint density at radius 3 is 2.30 bits per heavy atom. The van der Waals surface area contributed by atoms with Gasteiger partial charge in [0.2, 0.25) is 0 Å². The van der Waals surface area contributed by atoms with Gasteiger partial charge in [-0.05, 0) is 26.7 Å². The van der Waals surface area contributed by atoms with Crippen molar-refractivity contribution in [3.63, 3.8) is 0 Å². The topological polar surface area (TPSA) is 61.8 Å². The van der Waals surface area contributed by atoms with E-state index in [4.69, 9.17) is 25.4 Å². The van der Waals surface area contributed by atoms with Crippen LogP contribution < -0.4 is 0 Å². The molecule has 0 aromatic carbocycles. The standard InChI is InChI=1S/C13H22ClO5P/c1-4-18-20(16,19-5-2)13-9-7-6-8-12(13,17-3)10(14)11(13)15/h10H,4-9H2,1-3H3. The van der Waals surface area contributed by atoms with Crippen molar-refractivity contribution in [1.82, 2.24) is 0 Å². The maximum atomic E-state index is 13.3. The maximum Gasteiger partial charge on any atom is 0.347 e. The predicted molar refractivity (Wildman–Crippen MR) is 76.4 cm³/mol. The van der Waals surface area contributed by atoms with Gasteiger partial charge in [0, 0.05) is 7.11 Å². The molecule has 0 amide bonds. The monoisotopic (exact) mass is 324 g/mol. The molecule has 0 radical (unpaired) electrons. The molecule has 3 atom stereocenters. The van der Waals surface area contributed by atoms with E-state index in [1.54, 1.807) is 13.8 Å². The average Bonchev–Trinajstić information content (AvgIpc) is 2.45. The summed E-state index contributed by atoms with van der Waals surface area (Å²) in [6.07, 6.45) is 2.74. The quantitative estimate of drug-likeness (QED) is 0.555. The molecule has 2 rings (SSSR count). The number of ether oxygens (including phenoxy) is 1. The van der Waals surface area contributed by atoms with Crippen molar-refractivity contribution in [2.45, 2.75) is 55.7 Å². The van der Waals surface area contributed by atoms with Crippen LogP contribution in [0.5, 0.6) is 0 Å². The summed E-state index contributed by atoms with van der Waals surface area (Å²) < 4.78 is 29.8. The molecular formula is C13H22ClO5P. The third-order valence-corrected chi connectivity index (χ3v) is 8.02. The lowest BCUT2D eigenvalue weighted by Crippen LogP contribution is -2.79. The fourth-order valence-corrected chi connectivity index (χ4v) is 7.22. The lowest BCUT2D eigenvalue weighted by atomic mass is 9.59. The van der Waals surface area contributed by atoms with Crippen molar-refractivity contribution in [2.24, 2.45) is 0 Å². The van der Waals surface area contributed by atoms with Crippen LogP contribution in [0.15, 0.2) is 0 Å². The number of alkyl halides is 1. The van der Waals surface area contributed by atoms with Crippen LogP contribution in [-0.2, 0) is 23.1 Å². The summed E-state index contributed by atoms with van der Waals surface area (Å²) in [4.78, 5) is 12.5. The normalized spacial score (nSPS) is 37.4. The van der Waals surface area contributed by atoms with Crippen LogP contribution >= 0.6 is 19.2 Å². The first kappa shape index (κ1) is 16.4. The summed E-state index contributed by atoms with van der Waals surface area (Å²) in [7, 11) is -2.09. The largest absolute Gasteiger partial charge is 0.374 e. The van der Waals surface area contributed by atoms with E-state index >= 15 is 0 Å². The molecule has 0 N–H and O–H groups in total. The molecule has 2 fully saturated rings. The molecule has 5 nitrogen and oxygen atoms in total. The van der Waals surface area contributed by atoms with Crippen molar-refractivity contribution < 1.29 is 23.1 Å². The van der Waals surface area contributed by atoms with Crippen molar-refractivity contribution in [1.29, 1.82) is 0 Å². The van der Waals surface area contributed by atoms with E-state index in [1.165, 1.54) is 7.11 Å². The van der Waals surface area contributed by atoms with Crippen LogP contribution in [0.25, 0.3) is 0 Å². The number of halogens is 1. The van der Waals surface area contributed by atoms with Gasteiger partial charge in [-0.25, -0.2) is 0 Å². The molecule has 7 heteroatoms. The molecule has 0 aliphatic heterocycles. The number of fused-ring (bicyclic) bond motifs is 1. The molecular weight excluding hydrogens is 303 g/mol. The molecule has 0 aromatic rings. The molecule has 0 spiro atoms. The van der Waals surface area contributed by atoms with E-state index in [9.17, 15) is 9.36 Å². The van der Waals surface area contributed by atoms with Crippen molar-refractivity contribution in [3.05, 3.63) is 0 Å². The van der Waals surface area contributed by atoms with Crippen molar-refractivity contribution in [2.75, 3.05) is 20.3 Å². The van der Waals surface area contributed by atoms with Crippen LogP contribution in [0.2, 0.25) is 0 Å². The van der Waals surface area contributed by atoms with Gasteiger partial charge in [-0.2, -0.15) is 0 Å². The number of Topliss-reactive ketones (excluding diaryl/α,β-unsaturated/α-hetero) is 1. The number of carbonyl (C=O) groups excluding carboxylic acids is 1. The van der Waals surface area contributed by atoms with E-state index < -0.39 is 23.7 Å². The van der Waals surface area contributed by atoms with E-state index in [0.29, 0.717) is 12.8 Å². The second-order valence-electron chi connectivity index (χ2n) is 5.22. The zero-order valence-corrected chi connectivity index (χ0v) is 13.8. The molecule has 0 aromatic heterocycles. The molecule has 3 unspecified atom stereocenters. The Labute approximate surface area is 124 Å². The molecule has 0 saturated heterocycles. The SMILES string of the molecule is CCOP(=O)(OCC)C12CCCCC1(OC)C(Cl)C2=O. The Kier molecular flexibility index (Phi) is 4.68. The third-order valence-electron chi connectivity index (χ3n) is 4.51. The van der Waals surface area contributed by atoms with E-state index in [-0.39, 0.29) is 19.0 Å². The Bertz CT molecular complexity index is 432. The van der Waals surface area contributed by atoms with Crippen molar-refractivity contribution >= 4 is 25.0 Å². The van der Waals surface area contributed by atoms with Gasteiger partial charge < -0.3 is 13.8 Å². The molecule has 2 aliphatic carbocycles.